The first kappa shape index (κ1) is 20.0. The molecule has 28 heavy (non-hydrogen) atoms. The molecule has 1 unspecified atom stereocenters. The number of hydrogen-bond donors (Lipinski definition) is 3. The van der Waals surface area contributed by atoms with Crippen molar-refractivity contribution in [2.75, 3.05) is 17.2 Å². The van der Waals surface area contributed by atoms with Crippen molar-refractivity contribution < 1.29 is 23.1 Å². The van der Waals surface area contributed by atoms with E-state index in [4.69, 9.17) is 0 Å². The number of aliphatic hydroxyl groups is 1. The van der Waals surface area contributed by atoms with Crippen LogP contribution in [0.1, 0.15) is 41.9 Å². The minimum atomic E-state index is -4.55. The van der Waals surface area contributed by atoms with Crippen molar-refractivity contribution in [1.82, 2.24) is 15.0 Å². The third-order valence-electron chi connectivity index (χ3n) is 4.63. The number of carbonyl (C=O) groups is 1. The second kappa shape index (κ2) is 8.51. The average molecular weight is 395 g/mol. The summed E-state index contributed by atoms with van der Waals surface area (Å²) in [6.07, 6.45) is 2.44. The molecule has 3 rings (SSSR count). The van der Waals surface area contributed by atoms with Crippen molar-refractivity contribution in [3.63, 3.8) is 0 Å². The zero-order chi connectivity index (χ0) is 20.1. The highest BCUT2D eigenvalue weighted by molar-refractivity contribution is 6.05. The van der Waals surface area contributed by atoms with Crippen LogP contribution in [0.15, 0.2) is 30.7 Å². The quantitative estimate of drug-likeness (QED) is 0.719. The lowest BCUT2D eigenvalue weighted by atomic mass is 9.86. The standard InChI is InChI=1S/C18H20F3N5O2/c19-18(20,21)14-6-5-12(10-24-14)26-17(28)15-16(23-8-7-22-15)25-9-11-3-1-2-4-13(11)27/h5-8,10-11,13,27H,1-4,9H2,(H,23,25)(H,26,28)/t11?,13-/m1/s1. The molecule has 10 heteroatoms. The van der Waals surface area contributed by atoms with E-state index in [1.165, 1.54) is 12.4 Å². The van der Waals surface area contributed by atoms with E-state index in [2.05, 4.69) is 25.6 Å². The van der Waals surface area contributed by atoms with E-state index >= 15 is 0 Å². The van der Waals surface area contributed by atoms with Crippen LogP contribution in [0.2, 0.25) is 0 Å². The Balaban J connectivity index is 1.67. The largest absolute Gasteiger partial charge is 0.433 e. The van der Waals surface area contributed by atoms with Crippen LogP contribution in [0, 0.1) is 5.92 Å². The normalized spacial score (nSPS) is 19.9. The van der Waals surface area contributed by atoms with Crippen LogP contribution in [0.25, 0.3) is 0 Å². The Morgan fingerprint density at radius 2 is 1.89 bits per heavy atom. The van der Waals surface area contributed by atoms with E-state index in [0.717, 1.165) is 44.0 Å². The molecule has 0 aliphatic heterocycles. The molecular formula is C18H20F3N5O2. The van der Waals surface area contributed by atoms with Crippen LogP contribution in [-0.4, -0.2) is 38.6 Å². The lowest BCUT2D eigenvalue weighted by molar-refractivity contribution is -0.141. The van der Waals surface area contributed by atoms with Gasteiger partial charge in [0.1, 0.15) is 5.69 Å². The van der Waals surface area contributed by atoms with Crippen LogP contribution in [-0.2, 0) is 6.18 Å². The van der Waals surface area contributed by atoms with Gasteiger partial charge in [-0.3, -0.25) is 4.79 Å². The Morgan fingerprint density at radius 3 is 2.57 bits per heavy atom. The molecule has 1 aliphatic carbocycles. The molecule has 2 heterocycles. The van der Waals surface area contributed by atoms with Crippen molar-refractivity contribution in [2.24, 2.45) is 5.92 Å². The predicted molar refractivity (Wildman–Crippen MR) is 95.7 cm³/mol. The number of carbonyl (C=O) groups excluding carboxylic acids is 1. The molecule has 1 saturated carbocycles. The number of nitrogens with one attached hydrogen (secondary N) is 2. The van der Waals surface area contributed by atoms with Gasteiger partial charge in [0.15, 0.2) is 11.5 Å². The fourth-order valence-electron chi connectivity index (χ4n) is 3.11. The first-order valence-corrected chi connectivity index (χ1v) is 8.92. The van der Waals surface area contributed by atoms with E-state index in [0.29, 0.717) is 6.54 Å². The Bertz CT molecular complexity index is 814. The molecule has 1 amide bonds. The highest BCUT2D eigenvalue weighted by atomic mass is 19.4. The molecule has 150 valence electrons. The van der Waals surface area contributed by atoms with E-state index in [-0.39, 0.29) is 23.1 Å². The molecule has 0 spiro atoms. The van der Waals surface area contributed by atoms with E-state index in [9.17, 15) is 23.1 Å². The highest BCUT2D eigenvalue weighted by Crippen LogP contribution is 2.28. The van der Waals surface area contributed by atoms with Crippen molar-refractivity contribution in [3.05, 3.63) is 42.1 Å². The number of aromatic nitrogens is 3. The number of pyridine rings is 1. The summed E-state index contributed by atoms with van der Waals surface area (Å²) in [5, 5.41) is 15.6. The fourth-order valence-corrected chi connectivity index (χ4v) is 3.11. The number of aliphatic hydroxyl groups excluding tert-OH is 1. The van der Waals surface area contributed by atoms with Gasteiger partial charge in [-0.15, -0.1) is 0 Å². The van der Waals surface area contributed by atoms with Gasteiger partial charge in [-0.1, -0.05) is 12.8 Å². The summed E-state index contributed by atoms with van der Waals surface area (Å²) in [5.41, 5.74) is -0.927. The second-order valence-corrected chi connectivity index (χ2v) is 6.63. The van der Waals surface area contributed by atoms with Gasteiger partial charge in [0, 0.05) is 24.9 Å². The average Bonchev–Trinajstić information content (AvgIpc) is 2.67. The smallest absolute Gasteiger partial charge is 0.393 e. The first-order valence-electron chi connectivity index (χ1n) is 8.92. The summed E-state index contributed by atoms with van der Waals surface area (Å²) in [7, 11) is 0. The predicted octanol–water partition coefficient (Wildman–Crippen LogP) is 3.11. The van der Waals surface area contributed by atoms with Crippen molar-refractivity contribution in [1.29, 1.82) is 0 Å². The minimum Gasteiger partial charge on any atom is -0.393 e. The van der Waals surface area contributed by atoms with Gasteiger partial charge in [0.05, 0.1) is 18.0 Å². The topological polar surface area (TPSA) is 100 Å². The third-order valence-corrected chi connectivity index (χ3v) is 4.63. The summed E-state index contributed by atoms with van der Waals surface area (Å²) in [6.45, 7) is 0.446. The van der Waals surface area contributed by atoms with Gasteiger partial charge < -0.3 is 15.7 Å². The summed E-state index contributed by atoms with van der Waals surface area (Å²) in [6, 6.07) is 1.91. The molecule has 2 atom stereocenters. The highest BCUT2D eigenvalue weighted by Gasteiger charge is 2.32. The van der Waals surface area contributed by atoms with Gasteiger partial charge in [-0.05, 0) is 25.0 Å². The van der Waals surface area contributed by atoms with Gasteiger partial charge in [0.25, 0.3) is 5.91 Å². The lowest BCUT2D eigenvalue weighted by Crippen LogP contribution is -2.31. The Morgan fingerprint density at radius 1 is 1.14 bits per heavy atom. The maximum absolute atomic E-state index is 12.6. The molecule has 3 N–H and O–H groups in total. The fraction of sp³-hybridized carbons (Fsp3) is 0.444. The Labute approximate surface area is 159 Å². The Kier molecular flexibility index (Phi) is 6.08. The zero-order valence-electron chi connectivity index (χ0n) is 14.9. The van der Waals surface area contributed by atoms with Crippen LogP contribution in [0.4, 0.5) is 24.7 Å². The first-order chi connectivity index (χ1) is 13.3. The van der Waals surface area contributed by atoms with Crippen LogP contribution >= 0.6 is 0 Å². The molecule has 2 aromatic heterocycles. The van der Waals surface area contributed by atoms with Gasteiger partial charge >= 0.3 is 6.18 Å². The Hall–Kier alpha value is -2.75. The number of anilines is 2. The number of rotatable bonds is 5. The molecule has 7 nitrogen and oxygen atoms in total. The van der Waals surface area contributed by atoms with Crippen LogP contribution < -0.4 is 10.6 Å². The summed E-state index contributed by atoms with van der Waals surface area (Å²) in [4.78, 5) is 23.9. The minimum absolute atomic E-state index is 0.00713. The summed E-state index contributed by atoms with van der Waals surface area (Å²) in [5.74, 6) is -0.315. The number of hydrogen-bond acceptors (Lipinski definition) is 6. The van der Waals surface area contributed by atoms with E-state index < -0.39 is 23.9 Å². The van der Waals surface area contributed by atoms with Gasteiger partial charge in [-0.2, -0.15) is 13.2 Å². The molecular weight excluding hydrogens is 375 g/mol. The lowest BCUT2D eigenvalue weighted by Gasteiger charge is -2.27. The van der Waals surface area contributed by atoms with Crippen molar-refractivity contribution >= 4 is 17.4 Å². The van der Waals surface area contributed by atoms with Gasteiger partial charge in [-0.25, -0.2) is 15.0 Å². The molecule has 0 saturated heterocycles. The van der Waals surface area contributed by atoms with Crippen molar-refractivity contribution in [3.8, 4) is 0 Å². The number of nitrogens with zero attached hydrogens (tertiary/aromatic N) is 3. The SMILES string of the molecule is O=C(Nc1ccc(C(F)(F)F)nc1)c1nccnc1NCC1CCCC[C@H]1O. The monoisotopic (exact) mass is 395 g/mol. The zero-order valence-corrected chi connectivity index (χ0v) is 14.9. The van der Waals surface area contributed by atoms with Gasteiger partial charge in [0.2, 0.25) is 0 Å². The van der Waals surface area contributed by atoms with E-state index in [1.807, 2.05) is 0 Å². The number of amides is 1. The third kappa shape index (κ3) is 4.94. The van der Waals surface area contributed by atoms with Crippen LogP contribution in [0.5, 0.6) is 0 Å². The van der Waals surface area contributed by atoms with Crippen molar-refractivity contribution in [2.45, 2.75) is 38.0 Å². The maximum atomic E-state index is 12.6. The molecule has 1 aliphatic rings. The summed E-state index contributed by atoms with van der Waals surface area (Å²) >= 11 is 0. The van der Waals surface area contributed by atoms with Crippen LogP contribution in [0.3, 0.4) is 0 Å². The molecule has 1 fully saturated rings. The summed E-state index contributed by atoms with van der Waals surface area (Å²) < 4.78 is 37.7. The second-order valence-electron chi connectivity index (χ2n) is 6.63. The van der Waals surface area contributed by atoms with E-state index in [1.54, 1.807) is 0 Å². The molecule has 2 aromatic rings. The molecule has 0 radical (unpaired) electrons. The molecule has 0 bridgehead atoms. The number of alkyl halides is 3. The molecule has 0 aromatic carbocycles. The maximum Gasteiger partial charge on any atom is 0.433 e. The number of halogens is 3.